The lowest BCUT2D eigenvalue weighted by Gasteiger charge is -2.17. The van der Waals surface area contributed by atoms with Crippen molar-refractivity contribution in [1.29, 1.82) is 0 Å². The van der Waals surface area contributed by atoms with Crippen molar-refractivity contribution in [3.05, 3.63) is 53.8 Å². The number of ether oxygens (including phenoxy) is 1. The molecule has 0 heterocycles. The average Bonchev–Trinajstić information content (AvgIpc) is 2.47. The minimum Gasteiger partial charge on any atom is -0.490 e. The molecule has 2 aromatic carbocycles. The fraction of sp³-hybridized carbons (Fsp3) is 0.235. The topological polar surface area (TPSA) is 66.8 Å². The predicted molar refractivity (Wildman–Crippen MR) is 80.6 cm³/mol. The highest BCUT2D eigenvalue weighted by Gasteiger charge is 2.14. The van der Waals surface area contributed by atoms with Gasteiger partial charge in [-0.25, -0.2) is 9.18 Å². The lowest BCUT2D eigenvalue weighted by Crippen LogP contribution is -2.13. The first-order chi connectivity index (χ1) is 10.5. The van der Waals surface area contributed by atoms with Gasteiger partial charge in [0.15, 0.2) is 0 Å². The monoisotopic (exact) mass is 304 g/mol. The van der Waals surface area contributed by atoms with Crippen LogP contribution in [0.2, 0.25) is 0 Å². The Morgan fingerprint density at radius 1 is 1.27 bits per heavy atom. The van der Waals surface area contributed by atoms with E-state index in [0.717, 1.165) is 0 Å². The van der Waals surface area contributed by atoms with Gasteiger partial charge in [-0.15, -0.1) is 0 Å². The van der Waals surface area contributed by atoms with Crippen LogP contribution in [0.3, 0.4) is 0 Å². The molecule has 0 aliphatic rings. The normalized spacial score (nSPS) is 12.0. The second kappa shape index (κ2) is 7.04. The minimum atomic E-state index is -1.30. The fourth-order valence-electron chi connectivity index (χ4n) is 2.12. The quantitative estimate of drug-likeness (QED) is 0.859. The first kappa shape index (κ1) is 16.0. The minimum absolute atomic E-state index is 0.0191. The molecule has 1 atom stereocenters. The van der Waals surface area contributed by atoms with Gasteiger partial charge in [0.2, 0.25) is 0 Å². The van der Waals surface area contributed by atoms with Crippen molar-refractivity contribution < 1.29 is 24.1 Å². The van der Waals surface area contributed by atoms with E-state index in [1.54, 1.807) is 30.3 Å². The van der Waals surface area contributed by atoms with E-state index in [9.17, 15) is 9.18 Å². The maximum atomic E-state index is 13.8. The number of carboxylic acids is 1. The molecule has 2 N–H and O–H groups in total. The molecule has 0 spiro atoms. The van der Waals surface area contributed by atoms with Crippen LogP contribution in [0.15, 0.2) is 42.5 Å². The van der Waals surface area contributed by atoms with Crippen LogP contribution >= 0.6 is 0 Å². The zero-order valence-corrected chi connectivity index (χ0v) is 12.1. The fourth-order valence-corrected chi connectivity index (χ4v) is 2.12. The molecule has 2 rings (SSSR count). The van der Waals surface area contributed by atoms with Gasteiger partial charge in [0.1, 0.15) is 11.6 Å². The molecule has 0 saturated carbocycles. The van der Waals surface area contributed by atoms with Crippen LogP contribution in [0.5, 0.6) is 5.75 Å². The molecule has 0 aliphatic heterocycles. The number of aliphatic hydroxyl groups is 1. The van der Waals surface area contributed by atoms with Crippen molar-refractivity contribution in [2.75, 3.05) is 6.61 Å². The zero-order valence-electron chi connectivity index (χ0n) is 12.1. The van der Waals surface area contributed by atoms with E-state index in [1.165, 1.54) is 12.1 Å². The van der Waals surface area contributed by atoms with Crippen molar-refractivity contribution in [2.24, 2.45) is 0 Å². The zero-order chi connectivity index (χ0) is 16.1. The number of hydrogen-bond acceptors (Lipinski definition) is 3. The summed E-state index contributed by atoms with van der Waals surface area (Å²) in [6.07, 6.45) is 0.301. The van der Waals surface area contributed by atoms with Crippen molar-refractivity contribution in [2.45, 2.75) is 19.4 Å². The van der Waals surface area contributed by atoms with Crippen LogP contribution in [-0.2, 0) is 0 Å². The summed E-state index contributed by atoms with van der Waals surface area (Å²) in [7, 11) is 0. The summed E-state index contributed by atoms with van der Waals surface area (Å²) in [4.78, 5) is 10.9. The highest BCUT2D eigenvalue weighted by molar-refractivity contribution is 5.89. The number of hydrogen-bond donors (Lipinski definition) is 2. The summed E-state index contributed by atoms with van der Waals surface area (Å²) < 4.78 is 19.6. The van der Waals surface area contributed by atoms with Crippen LogP contribution in [-0.4, -0.2) is 28.9 Å². The number of carbonyl (C=O) groups is 1. The van der Waals surface area contributed by atoms with Crippen LogP contribution in [0.1, 0.15) is 23.7 Å². The Bertz CT molecular complexity index is 669. The maximum absolute atomic E-state index is 13.8. The molecular formula is C17H17FO4. The molecule has 0 aromatic heterocycles. The summed E-state index contributed by atoms with van der Waals surface area (Å²) in [5, 5.41) is 17.8. The SMILES string of the molecule is C[C@H](CCO)Oc1ccccc1-c1ccc(C(=O)O)c(F)c1. The third-order valence-corrected chi connectivity index (χ3v) is 3.26. The second-order valence-corrected chi connectivity index (χ2v) is 4.94. The smallest absolute Gasteiger partial charge is 0.338 e. The third-order valence-electron chi connectivity index (χ3n) is 3.26. The lowest BCUT2D eigenvalue weighted by molar-refractivity contribution is 0.0692. The highest BCUT2D eigenvalue weighted by atomic mass is 19.1. The molecular weight excluding hydrogens is 287 g/mol. The first-order valence-electron chi connectivity index (χ1n) is 6.92. The predicted octanol–water partition coefficient (Wildman–Crippen LogP) is 3.34. The van der Waals surface area contributed by atoms with Gasteiger partial charge in [-0.05, 0) is 30.7 Å². The van der Waals surface area contributed by atoms with Gasteiger partial charge < -0.3 is 14.9 Å². The van der Waals surface area contributed by atoms with E-state index in [0.29, 0.717) is 23.3 Å². The van der Waals surface area contributed by atoms with Crippen molar-refractivity contribution in [3.8, 4) is 16.9 Å². The molecule has 0 unspecified atom stereocenters. The Labute approximate surface area is 127 Å². The van der Waals surface area contributed by atoms with E-state index in [2.05, 4.69) is 0 Å². The molecule has 0 bridgehead atoms. The van der Waals surface area contributed by atoms with Gasteiger partial charge in [0.05, 0.1) is 11.7 Å². The number of aromatic carboxylic acids is 1. The Kier molecular flexibility index (Phi) is 5.12. The standard InChI is InChI=1S/C17H17FO4/c1-11(8-9-19)22-16-5-3-2-4-13(16)12-6-7-14(17(20)21)15(18)10-12/h2-7,10-11,19H,8-9H2,1H3,(H,20,21)/t11-/m1/s1. The average molecular weight is 304 g/mol. The van der Waals surface area contributed by atoms with E-state index in [4.69, 9.17) is 14.9 Å². The van der Waals surface area contributed by atoms with Gasteiger partial charge in [-0.2, -0.15) is 0 Å². The van der Waals surface area contributed by atoms with Gasteiger partial charge in [-0.3, -0.25) is 0 Å². The van der Waals surface area contributed by atoms with Gasteiger partial charge >= 0.3 is 5.97 Å². The van der Waals surface area contributed by atoms with Crippen molar-refractivity contribution in [3.63, 3.8) is 0 Å². The van der Waals surface area contributed by atoms with Crippen LogP contribution in [0.25, 0.3) is 11.1 Å². The van der Waals surface area contributed by atoms with E-state index in [1.807, 2.05) is 6.92 Å². The summed E-state index contributed by atoms with van der Waals surface area (Å²) in [5.41, 5.74) is 0.841. The van der Waals surface area contributed by atoms with Gasteiger partial charge in [0.25, 0.3) is 0 Å². The molecule has 2 aromatic rings. The third kappa shape index (κ3) is 3.62. The number of rotatable bonds is 6. The van der Waals surface area contributed by atoms with Crippen LogP contribution in [0.4, 0.5) is 4.39 Å². The van der Waals surface area contributed by atoms with Crippen molar-refractivity contribution in [1.82, 2.24) is 0 Å². The summed E-state index contributed by atoms with van der Waals surface area (Å²) in [6.45, 7) is 1.85. The number of benzene rings is 2. The summed E-state index contributed by atoms with van der Waals surface area (Å²) in [5.74, 6) is -1.53. The molecule has 0 amide bonds. The molecule has 5 heteroatoms. The molecule has 0 aliphatic carbocycles. The Balaban J connectivity index is 2.36. The number of halogens is 1. The molecule has 0 fully saturated rings. The maximum Gasteiger partial charge on any atom is 0.338 e. The van der Waals surface area contributed by atoms with Crippen LogP contribution < -0.4 is 4.74 Å². The summed E-state index contributed by atoms with van der Waals surface area (Å²) in [6, 6.07) is 11.1. The van der Waals surface area contributed by atoms with E-state index < -0.39 is 11.8 Å². The molecule has 22 heavy (non-hydrogen) atoms. The van der Waals surface area contributed by atoms with E-state index >= 15 is 0 Å². The number of carboxylic acid groups (broad SMARTS) is 1. The van der Waals surface area contributed by atoms with Gasteiger partial charge in [-0.1, -0.05) is 24.3 Å². The first-order valence-corrected chi connectivity index (χ1v) is 6.92. The Morgan fingerprint density at radius 2 is 2.00 bits per heavy atom. The lowest BCUT2D eigenvalue weighted by atomic mass is 10.0. The molecule has 4 nitrogen and oxygen atoms in total. The molecule has 116 valence electrons. The van der Waals surface area contributed by atoms with Crippen LogP contribution in [0, 0.1) is 5.82 Å². The number of aliphatic hydroxyl groups excluding tert-OH is 1. The Hall–Kier alpha value is -2.40. The second-order valence-electron chi connectivity index (χ2n) is 4.94. The Morgan fingerprint density at radius 3 is 2.64 bits per heavy atom. The molecule has 0 saturated heterocycles. The summed E-state index contributed by atoms with van der Waals surface area (Å²) >= 11 is 0. The number of para-hydroxylation sites is 1. The van der Waals surface area contributed by atoms with Crippen molar-refractivity contribution >= 4 is 5.97 Å². The largest absolute Gasteiger partial charge is 0.490 e. The van der Waals surface area contributed by atoms with E-state index in [-0.39, 0.29) is 18.3 Å². The van der Waals surface area contributed by atoms with Gasteiger partial charge in [0, 0.05) is 18.6 Å². The molecule has 0 radical (unpaired) electrons. The highest BCUT2D eigenvalue weighted by Crippen LogP contribution is 2.31.